The molecule has 0 aromatic rings. The van der Waals surface area contributed by atoms with E-state index in [-0.39, 0.29) is 24.2 Å². The maximum absolute atomic E-state index is 11.5. The van der Waals surface area contributed by atoms with Crippen molar-refractivity contribution in [3.8, 4) is 0 Å². The molecule has 3 N–H and O–H groups in total. The number of oxime groups is 1. The molecule has 0 heterocycles. The molecule has 0 rings (SSSR count). The molecule has 0 aliphatic heterocycles. The minimum atomic E-state index is -0.0171. The normalized spacial score (nSPS) is 13.9. The minimum absolute atomic E-state index is 0.00843. The Labute approximate surface area is 78.2 Å². The van der Waals surface area contributed by atoms with Crippen LogP contribution in [0.5, 0.6) is 0 Å². The maximum Gasteiger partial charge on any atom is 0.225 e. The number of amidine groups is 1. The lowest BCUT2D eigenvalue weighted by Crippen LogP contribution is -2.38. The van der Waals surface area contributed by atoms with Gasteiger partial charge in [-0.25, -0.2) is 0 Å². The van der Waals surface area contributed by atoms with Crippen LogP contribution in [-0.4, -0.2) is 35.4 Å². The summed E-state index contributed by atoms with van der Waals surface area (Å²) in [6.07, 6.45) is 0.791. The average Bonchev–Trinajstić information content (AvgIpc) is 2.14. The minimum Gasteiger partial charge on any atom is -0.409 e. The summed E-state index contributed by atoms with van der Waals surface area (Å²) in [7, 11) is 1.63. The van der Waals surface area contributed by atoms with E-state index in [4.69, 9.17) is 10.9 Å². The summed E-state index contributed by atoms with van der Waals surface area (Å²) in [5.41, 5.74) is 5.26. The number of likely N-dealkylation sites (N-methyl/N-ethyl adjacent to an activating group) is 1. The van der Waals surface area contributed by atoms with E-state index in [9.17, 15) is 4.79 Å². The lowest BCUT2D eigenvalue weighted by molar-refractivity contribution is -0.133. The Morgan fingerprint density at radius 2 is 2.23 bits per heavy atom. The Balaban J connectivity index is 4.11. The predicted octanol–water partition coefficient (Wildman–Crippen LogP) is 0.237. The molecule has 0 radical (unpaired) electrons. The van der Waals surface area contributed by atoms with Gasteiger partial charge in [-0.3, -0.25) is 4.79 Å². The highest BCUT2D eigenvalue weighted by molar-refractivity contribution is 5.87. The van der Waals surface area contributed by atoms with Gasteiger partial charge in [0, 0.05) is 13.0 Å². The standard InChI is InChI=1S/C8H17N3O2/c1-4-6(2)8(12)11(3)5-7(9)10-13/h6,13H,4-5H2,1-3H3,(H2,9,10). The lowest BCUT2D eigenvalue weighted by Gasteiger charge is -2.19. The Kier molecular flexibility index (Phi) is 4.87. The van der Waals surface area contributed by atoms with E-state index >= 15 is 0 Å². The zero-order chi connectivity index (χ0) is 10.4. The predicted molar refractivity (Wildman–Crippen MR) is 50.5 cm³/mol. The Bertz CT molecular complexity index is 204. The molecule has 0 aliphatic carbocycles. The largest absolute Gasteiger partial charge is 0.409 e. The van der Waals surface area contributed by atoms with Gasteiger partial charge in [-0.05, 0) is 6.42 Å². The van der Waals surface area contributed by atoms with Gasteiger partial charge in [0.05, 0.1) is 6.54 Å². The van der Waals surface area contributed by atoms with E-state index in [1.807, 2.05) is 13.8 Å². The highest BCUT2D eigenvalue weighted by Crippen LogP contribution is 2.04. The van der Waals surface area contributed by atoms with Gasteiger partial charge in [0.1, 0.15) is 0 Å². The monoisotopic (exact) mass is 187 g/mol. The molecule has 0 fully saturated rings. The fourth-order valence-electron chi connectivity index (χ4n) is 0.903. The molecule has 5 heteroatoms. The van der Waals surface area contributed by atoms with Crippen molar-refractivity contribution in [2.45, 2.75) is 20.3 Å². The quantitative estimate of drug-likeness (QED) is 0.286. The van der Waals surface area contributed by atoms with Gasteiger partial charge in [-0.2, -0.15) is 0 Å². The van der Waals surface area contributed by atoms with Gasteiger partial charge in [0.2, 0.25) is 5.91 Å². The number of carbonyl (C=O) groups is 1. The van der Waals surface area contributed by atoms with Crippen LogP contribution in [0.25, 0.3) is 0 Å². The Morgan fingerprint density at radius 3 is 2.62 bits per heavy atom. The summed E-state index contributed by atoms with van der Waals surface area (Å²) < 4.78 is 0. The number of rotatable bonds is 4. The molecule has 1 atom stereocenters. The van der Waals surface area contributed by atoms with Gasteiger partial charge in [0.25, 0.3) is 0 Å². The first kappa shape index (κ1) is 11.7. The molecule has 0 spiro atoms. The fourth-order valence-corrected chi connectivity index (χ4v) is 0.903. The van der Waals surface area contributed by atoms with Crippen LogP contribution in [0.15, 0.2) is 5.16 Å². The van der Waals surface area contributed by atoms with Crippen molar-refractivity contribution in [3.63, 3.8) is 0 Å². The summed E-state index contributed by atoms with van der Waals surface area (Å²) in [4.78, 5) is 12.9. The smallest absolute Gasteiger partial charge is 0.225 e. The topological polar surface area (TPSA) is 78.9 Å². The molecule has 0 saturated carbocycles. The van der Waals surface area contributed by atoms with Gasteiger partial charge in [-0.15, -0.1) is 0 Å². The van der Waals surface area contributed by atoms with Crippen LogP contribution in [-0.2, 0) is 4.79 Å². The Morgan fingerprint density at radius 1 is 1.69 bits per heavy atom. The van der Waals surface area contributed by atoms with Gasteiger partial charge in [-0.1, -0.05) is 19.0 Å². The Hall–Kier alpha value is -1.26. The second-order valence-electron chi connectivity index (χ2n) is 3.09. The van der Waals surface area contributed by atoms with E-state index in [1.165, 1.54) is 4.90 Å². The van der Waals surface area contributed by atoms with Crippen molar-refractivity contribution in [1.82, 2.24) is 4.90 Å². The second kappa shape index (κ2) is 5.40. The van der Waals surface area contributed by atoms with Crippen LogP contribution < -0.4 is 5.73 Å². The average molecular weight is 187 g/mol. The molecule has 0 bridgehead atoms. The summed E-state index contributed by atoms with van der Waals surface area (Å²) >= 11 is 0. The summed E-state index contributed by atoms with van der Waals surface area (Å²) in [5.74, 6) is 0.0322. The van der Waals surface area contributed by atoms with Crippen LogP contribution >= 0.6 is 0 Å². The van der Waals surface area contributed by atoms with Crippen molar-refractivity contribution in [1.29, 1.82) is 0 Å². The lowest BCUT2D eigenvalue weighted by atomic mass is 10.1. The van der Waals surface area contributed by atoms with E-state index < -0.39 is 0 Å². The zero-order valence-electron chi connectivity index (χ0n) is 8.32. The molecule has 0 aromatic carbocycles. The van der Waals surface area contributed by atoms with Crippen LogP contribution in [0, 0.1) is 5.92 Å². The molecule has 0 aromatic heterocycles. The van der Waals surface area contributed by atoms with Gasteiger partial charge < -0.3 is 15.8 Å². The third-order valence-electron chi connectivity index (χ3n) is 1.94. The van der Waals surface area contributed by atoms with Crippen molar-refractivity contribution in [3.05, 3.63) is 0 Å². The van der Waals surface area contributed by atoms with Gasteiger partial charge >= 0.3 is 0 Å². The van der Waals surface area contributed by atoms with Crippen LogP contribution in [0.2, 0.25) is 0 Å². The highest BCUT2D eigenvalue weighted by Gasteiger charge is 2.15. The molecule has 0 aliphatic rings. The molecular formula is C8H17N3O2. The number of hydrogen-bond acceptors (Lipinski definition) is 3. The third kappa shape index (κ3) is 3.78. The second-order valence-corrected chi connectivity index (χ2v) is 3.09. The summed E-state index contributed by atoms with van der Waals surface area (Å²) in [6.45, 7) is 3.96. The first-order valence-electron chi connectivity index (χ1n) is 4.24. The van der Waals surface area contributed by atoms with E-state index in [2.05, 4.69) is 5.16 Å². The summed E-state index contributed by atoms with van der Waals surface area (Å²) in [6, 6.07) is 0. The molecule has 76 valence electrons. The van der Waals surface area contributed by atoms with Crippen molar-refractivity contribution in [2.75, 3.05) is 13.6 Å². The van der Waals surface area contributed by atoms with Crippen LogP contribution in [0.4, 0.5) is 0 Å². The molecule has 0 saturated heterocycles. The van der Waals surface area contributed by atoms with E-state index in [1.54, 1.807) is 7.05 Å². The third-order valence-corrected chi connectivity index (χ3v) is 1.94. The summed E-state index contributed by atoms with van der Waals surface area (Å²) in [5, 5.41) is 11.1. The molecule has 1 amide bonds. The molecule has 1 unspecified atom stereocenters. The fraction of sp³-hybridized carbons (Fsp3) is 0.750. The van der Waals surface area contributed by atoms with E-state index in [0.29, 0.717) is 0 Å². The van der Waals surface area contributed by atoms with E-state index in [0.717, 1.165) is 6.42 Å². The highest BCUT2D eigenvalue weighted by atomic mass is 16.4. The number of nitrogens with zero attached hydrogens (tertiary/aromatic N) is 2. The maximum atomic E-state index is 11.5. The van der Waals surface area contributed by atoms with Gasteiger partial charge in [0.15, 0.2) is 5.84 Å². The zero-order valence-corrected chi connectivity index (χ0v) is 8.32. The van der Waals surface area contributed by atoms with Crippen LogP contribution in [0.1, 0.15) is 20.3 Å². The number of carbonyl (C=O) groups excluding carboxylic acids is 1. The number of nitrogens with two attached hydrogens (primary N) is 1. The SMILES string of the molecule is CCC(C)C(=O)N(C)CC(N)=NO. The van der Waals surface area contributed by atoms with Crippen molar-refractivity contribution >= 4 is 11.7 Å². The first-order valence-corrected chi connectivity index (χ1v) is 4.24. The van der Waals surface area contributed by atoms with Crippen LogP contribution in [0.3, 0.4) is 0 Å². The first-order chi connectivity index (χ1) is 6.02. The van der Waals surface area contributed by atoms with Crippen molar-refractivity contribution < 1.29 is 10.0 Å². The molecular weight excluding hydrogens is 170 g/mol. The van der Waals surface area contributed by atoms with Crippen molar-refractivity contribution in [2.24, 2.45) is 16.8 Å². The molecule has 5 nitrogen and oxygen atoms in total. The molecule has 13 heavy (non-hydrogen) atoms. The number of amides is 1. The number of hydrogen-bond donors (Lipinski definition) is 2.